The molecule has 1 saturated heterocycles. The summed E-state index contributed by atoms with van der Waals surface area (Å²) in [6.07, 6.45) is 8.43. The van der Waals surface area contributed by atoms with Crippen molar-refractivity contribution in [2.24, 2.45) is 0 Å². The van der Waals surface area contributed by atoms with Gasteiger partial charge in [-0.05, 0) is 25.7 Å². The fraction of sp³-hybridized carbons (Fsp3) is 0.692. The van der Waals surface area contributed by atoms with Gasteiger partial charge >= 0.3 is 0 Å². The van der Waals surface area contributed by atoms with Crippen molar-refractivity contribution < 1.29 is 4.74 Å². The quantitative estimate of drug-likeness (QED) is 0.843. The minimum absolute atomic E-state index is 0.0118. The van der Waals surface area contributed by atoms with Crippen molar-refractivity contribution >= 4 is 17.3 Å². The van der Waals surface area contributed by atoms with E-state index in [0.29, 0.717) is 6.54 Å². The lowest BCUT2D eigenvalue weighted by Crippen LogP contribution is -2.31. The molecule has 3 rings (SSSR count). The average Bonchev–Trinajstić information content (AvgIpc) is 3.01. The summed E-state index contributed by atoms with van der Waals surface area (Å²) in [6, 6.07) is 0. The van der Waals surface area contributed by atoms with E-state index in [4.69, 9.17) is 22.1 Å². The van der Waals surface area contributed by atoms with Gasteiger partial charge in [-0.1, -0.05) is 24.4 Å². The second-order valence-corrected chi connectivity index (χ2v) is 5.93. The molecule has 0 amide bonds. The first-order valence-electron chi connectivity index (χ1n) is 6.78. The Hall–Kier alpha value is -1.07. The van der Waals surface area contributed by atoms with Crippen LogP contribution < -0.4 is 11.3 Å². The minimum atomic E-state index is -0.282. The maximum atomic E-state index is 11.9. The van der Waals surface area contributed by atoms with Gasteiger partial charge in [-0.2, -0.15) is 0 Å². The van der Waals surface area contributed by atoms with Gasteiger partial charge in [0, 0.05) is 0 Å². The predicted octanol–water partition coefficient (Wildman–Crippen LogP) is 1.97. The van der Waals surface area contributed by atoms with Crippen LogP contribution in [0.2, 0.25) is 5.15 Å². The van der Waals surface area contributed by atoms with E-state index in [1.54, 1.807) is 0 Å². The van der Waals surface area contributed by atoms with Crippen LogP contribution in [0, 0.1) is 0 Å². The number of ether oxygens (including phenoxy) is 1. The molecule has 1 unspecified atom stereocenters. The van der Waals surface area contributed by atoms with E-state index in [1.165, 1.54) is 23.7 Å². The Labute approximate surface area is 116 Å². The highest BCUT2D eigenvalue weighted by molar-refractivity contribution is 6.31. The lowest BCUT2D eigenvalue weighted by molar-refractivity contribution is -0.0421. The smallest absolute Gasteiger partial charge is 0.278 e. The molecule has 0 bridgehead atoms. The lowest BCUT2D eigenvalue weighted by Gasteiger charge is -2.24. The maximum Gasteiger partial charge on any atom is 0.278 e. The molecule has 0 aromatic carbocycles. The molecule has 19 heavy (non-hydrogen) atoms. The molecule has 1 aromatic rings. The van der Waals surface area contributed by atoms with Gasteiger partial charge in [0.15, 0.2) is 5.15 Å². The maximum absolute atomic E-state index is 11.9. The van der Waals surface area contributed by atoms with Crippen molar-refractivity contribution in [3.63, 3.8) is 0 Å². The topological polar surface area (TPSA) is 70.1 Å². The SMILES string of the molecule is Nc1c(Cl)ncn(CC2CCC3(CCCC3)O2)c1=O. The van der Waals surface area contributed by atoms with E-state index in [2.05, 4.69) is 4.98 Å². The van der Waals surface area contributed by atoms with Crippen LogP contribution in [0.25, 0.3) is 0 Å². The number of nitrogens with two attached hydrogens (primary N) is 1. The molecular formula is C13H18ClN3O2. The fourth-order valence-electron chi connectivity index (χ4n) is 3.25. The number of nitrogens with zero attached hydrogens (tertiary/aromatic N) is 2. The zero-order valence-electron chi connectivity index (χ0n) is 10.8. The third-order valence-corrected chi connectivity index (χ3v) is 4.58. The van der Waals surface area contributed by atoms with Gasteiger partial charge in [0.1, 0.15) is 5.69 Å². The summed E-state index contributed by atoms with van der Waals surface area (Å²) in [7, 11) is 0. The van der Waals surface area contributed by atoms with E-state index in [1.807, 2.05) is 0 Å². The van der Waals surface area contributed by atoms with Crippen molar-refractivity contribution in [2.75, 3.05) is 5.73 Å². The van der Waals surface area contributed by atoms with Crippen LogP contribution in [-0.2, 0) is 11.3 Å². The zero-order valence-corrected chi connectivity index (χ0v) is 11.5. The molecule has 1 atom stereocenters. The summed E-state index contributed by atoms with van der Waals surface area (Å²) in [4.78, 5) is 15.9. The van der Waals surface area contributed by atoms with E-state index >= 15 is 0 Å². The first-order valence-corrected chi connectivity index (χ1v) is 7.16. The Kier molecular flexibility index (Phi) is 3.27. The van der Waals surface area contributed by atoms with Crippen molar-refractivity contribution in [2.45, 2.75) is 56.8 Å². The molecule has 6 heteroatoms. The van der Waals surface area contributed by atoms with Crippen LogP contribution in [0.4, 0.5) is 5.69 Å². The summed E-state index contributed by atoms with van der Waals surface area (Å²) in [5.41, 5.74) is 5.42. The van der Waals surface area contributed by atoms with E-state index in [9.17, 15) is 4.79 Å². The number of nitrogen functional groups attached to an aromatic ring is 1. The molecule has 1 spiro atoms. The summed E-state index contributed by atoms with van der Waals surface area (Å²) in [6.45, 7) is 0.509. The van der Waals surface area contributed by atoms with E-state index in [-0.39, 0.29) is 28.1 Å². The van der Waals surface area contributed by atoms with Crippen LogP contribution in [0.3, 0.4) is 0 Å². The zero-order chi connectivity index (χ0) is 13.5. The van der Waals surface area contributed by atoms with Gasteiger partial charge in [-0.3, -0.25) is 9.36 Å². The minimum Gasteiger partial charge on any atom is -0.392 e. The van der Waals surface area contributed by atoms with Crippen LogP contribution in [0.15, 0.2) is 11.1 Å². The molecule has 0 radical (unpaired) electrons. The van der Waals surface area contributed by atoms with E-state index in [0.717, 1.165) is 25.7 Å². The van der Waals surface area contributed by atoms with E-state index < -0.39 is 0 Å². The number of aromatic nitrogens is 2. The average molecular weight is 284 g/mol. The Morgan fingerprint density at radius 2 is 2.21 bits per heavy atom. The molecule has 1 aromatic heterocycles. The molecule has 2 fully saturated rings. The van der Waals surface area contributed by atoms with Crippen LogP contribution in [0.5, 0.6) is 0 Å². The van der Waals surface area contributed by atoms with Crippen molar-refractivity contribution in [3.8, 4) is 0 Å². The van der Waals surface area contributed by atoms with Crippen LogP contribution in [0.1, 0.15) is 38.5 Å². The molecule has 2 heterocycles. The number of halogens is 1. The normalized spacial score (nSPS) is 25.2. The standard InChI is InChI=1S/C13H18ClN3O2/c14-11-10(15)12(18)17(8-16-11)7-9-3-6-13(19-9)4-1-2-5-13/h8-9H,1-7,15H2. The lowest BCUT2D eigenvalue weighted by atomic mass is 9.98. The molecule has 5 nitrogen and oxygen atoms in total. The highest BCUT2D eigenvalue weighted by Crippen LogP contribution is 2.43. The van der Waals surface area contributed by atoms with Crippen LogP contribution >= 0.6 is 11.6 Å². The Morgan fingerprint density at radius 1 is 1.47 bits per heavy atom. The van der Waals surface area contributed by atoms with Crippen LogP contribution in [-0.4, -0.2) is 21.3 Å². The molecule has 2 aliphatic rings. The number of anilines is 1. The van der Waals surface area contributed by atoms with Gasteiger partial charge < -0.3 is 10.5 Å². The molecule has 1 saturated carbocycles. The number of rotatable bonds is 2. The molecule has 2 N–H and O–H groups in total. The number of hydrogen-bond acceptors (Lipinski definition) is 4. The second kappa shape index (κ2) is 4.80. The van der Waals surface area contributed by atoms with Crippen molar-refractivity contribution in [1.29, 1.82) is 0 Å². The van der Waals surface area contributed by atoms with Gasteiger partial charge in [0.05, 0.1) is 24.6 Å². The Balaban J connectivity index is 1.73. The predicted molar refractivity (Wildman–Crippen MR) is 73.2 cm³/mol. The van der Waals surface area contributed by atoms with Gasteiger partial charge in [0.25, 0.3) is 5.56 Å². The Morgan fingerprint density at radius 3 is 2.95 bits per heavy atom. The van der Waals surface area contributed by atoms with Gasteiger partial charge in [0.2, 0.25) is 0 Å². The first-order chi connectivity index (χ1) is 9.10. The molecule has 104 valence electrons. The summed E-state index contributed by atoms with van der Waals surface area (Å²) in [5, 5.41) is 0.0702. The molecule has 1 aliphatic heterocycles. The third kappa shape index (κ3) is 2.37. The molecular weight excluding hydrogens is 266 g/mol. The Bertz CT molecular complexity index is 537. The number of hydrogen-bond donors (Lipinski definition) is 1. The van der Waals surface area contributed by atoms with Gasteiger partial charge in [-0.15, -0.1) is 0 Å². The first kappa shape index (κ1) is 12.9. The third-order valence-electron chi connectivity index (χ3n) is 4.28. The molecule has 1 aliphatic carbocycles. The van der Waals surface area contributed by atoms with Crippen molar-refractivity contribution in [1.82, 2.24) is 9.55 Å². The summed E-state index contributed by atoms with van der Waals surface area (Å²) in [5.74, 6) is 0. The second-order valence-electron chi connectivity index (χ2n) is 5.58. The largest absolute Gasteiger partial charge is 0.392 e. The summed E-state index contributed by atoms with van der Waals surface area (Å²) < 4.78 is 7.68. The van der Waals surface area contributed by atoms with Gasteiger partial charge in [-0.25, -0.2) is 4.98 Å². The monoisotopic (exact) mass is 283 g/mol. The summed E-state index contributed by atoms with van der Waals surface area (Å²) >= 11 is 5.72. The highest BCUT2D eigenvalue weighted by atomic mass is 35.5. The fourth-order valence-corrected chi connectivity index (χ4v) is 3.37. The highest BCUT2D eigenvalue weighted by Gasteiger charge is 2.42. The van der Waals surface area contributed by atoms with Crippen molar-refractivity contribution in [3.05, 3.63) is 21.8 Å².